The van der Waals surface area contributed by atoms with Crippen LogP contribution in [0.25, 0.3) is 0 Å². The second kappa shape index (κ2) is 5.57. The Morgan fingerprint density at radius 1 is 1.29 bits per heavy atom. The van der Waals surface area contributed by atoms with Crippen molar-refractivity contribution < 1.29 is 12.8 Å². The molecule has 0 amide bonds. The molecule has 0 saturated heterocycles. The molecule has 0 saturated carbocycles. The molecule has 5 nitrogen and oxygen atoms in total. The molecule has 0 fully saturated rings. The van der Waals surface area contributed by atoms with Crippen molar-refractivity contribution in [3.63, 3.8) is 0 Å². The van der Waals surface area contributed by atoms with Crippen LogP contribution in [0.4, 0.5) is 4.39 Å². The van der Waals surface area contributed by atoms with Crippen molar-refractivity contribution in [2.45, 2.75) is 32.2 Å². The van der Waals surface area contributed by atoms with Crippen LogP contribution in [-0.4, -0.2) is 18.2 Å². The first-order valence-corrected chi connectivity index (χ1v) is 7.95. The maximum atomic E-state index is 13.1. The lowest BCUT2D eigenvalue weighted by molar-refractivity contribution is 0.579. The highest BCUT2D eigenvalue weighted by Gasteiger charge is 2.18. The van der Waals surface area contributed by atoms with Gasteiger partial charge in [-0.15, -0.1) is 0 Å². The fourth-order valence-electron chi connectivity index (χ4n) is 2.23. The third kappa shape index (κ3) is 3.14. The summed E-state index contributed by atoms with van der Waals surface area (Å²) in [5.41, 5.74) is 2.92. The van der Waals surface area contributed by atoms with Crippen molar-refractivity contribution in [2.75, 3.05) is 0 Å². The minimum Gasteiger partial charge on any atom is -0.272 e. The molecule has 0 unspecified atom stereocenters. The minimum absolute atomic E-state index is 0.0862. The number of halogens is 1. The molecule has 1 heterocycles. The van der Waals surface area contributed by atoms with Crippen LogP contribution in [0.15, 0.2) is 23.1 Å². The monoisotopic (exact) mass is 311 g/mol. The van der Waals surface area contributed by atoms with E-state index in [9.17, 15) is 12.8 Å². The average molecular weight is 311 g/mol. The van der Waals surface area contributed by atoms with Gasteiger partial charge in [0, 0.05) is 24.8 Å². The van der Waals surface area contributed by atoms with Crippen molar-refractivity contribution in [1.29, 1.82) is 0 Å². The van der Waals surface area contributed by atoms with Crippen LogP contribution in [0.3, 0.4) is 0 Å². The van der Waals surface area contributed by atoms with Crippen LogP contribution in [0.1, 0.15) is 22.5 Å². The molecule has 2 rings (SSSR count). The van der Waals surface area contributed by atoms with E-state index < -0.39 is 15.8 Å². The Kier molecular flexibility index (Phi) is 4.15. The third-order valence-corrected chi connectivity index (χ3v) is 5.09. The number of rotatable bonds is 4. The predicted molar refractivity (Wildman–Crippen MR) is 77.8 cm³/mol. The lowest BCUT2D eigenvalue weighted by atomic mass is 10.2. The van der Waals surface area contributed by atoms with E-state index in [4.69, 9.17) is 0 Å². The molecule has 2 aromatic rings. The number of hydrogen-bond acceptors (Lipinski definition) is 3. The van der Waals surface area contributed by atoms with Gasteiger partial charge in [-0.1, -0.05) is 0 Å². The Balaban J connectivity index is 2.26. The Hall–Kier alpha value is -1.73. The van der Waals surface area contributed by atoms with Gasteiger partial charge < -0.3 is 0 Å². The highest BCUT2D eigenvalue weighted by atomic mass is 32.2. The van der Waals surface area contributed by atoms with Crippen LogP contribution in [0.2, 0.25) is 0 Å². The SMILES string of the molecule is Cc1cc(F)ccc1S(=O)(=O)NCc1c(C)nn(C)c1C. The van der Waals surface area contributed by atoms with Gasteiger partial charge in [-0.25, -0.2) is 17.5 Å². The van der Waals surface area contributed by atoms with Gasteiger partial charge in [0.1, 0.15) is 5.82 Å². The first kappa shape index (κ1) is 15.7. The molecule has 0 aliphatic heterocycles. The van der Waals surface area contributed by atoms with Gasteiger partial charge in [0.25, 0.3) is 0 Å². The molecule has 1 aromatic heterocycles. The third-order valence-electron chi connectivity index (χ3n) is 3.52. The van der Waals surface area contributed by atoms with Gasteiger partial charge in [-0.3, -0.25) is 4.68 Å². The number of aromatic nitrogens is 2. The summed E-state index contributed by atoms with van der Waals surface area (Å²) < 4.78 is 41.9. The van der Waals surface area contributed by atoms with Gasteiger partial charge in [0.15, 0.2) is 0 Å². The highest BCUT2D eigenvalue weighted by Crippen LogP contribution is 2.17. The summed E-state index contributed by atoms with van der Waals surface area (Å²) in [5, 5.41) is 4.25. The van der Waals surface area contributed by atoms with Gasteiger partial charge in [0.2, 0.25) is 10.0 Å². The van der Waals surface area contributed by atoms with Crippen LogP contribution in [0.5, 0.6) is 0 Å². The predicted octanol–water partition coefficient (Wildman–Crippen LogP) is 1.96. The average Bonchev–Trinajstić information content (AvgIpc) is 2.60. The Morgan fingerprint density at radius 3 is 2.48 bits per heavy atom. The summed E-state index contributed by atoms with van der Waals surface area (Å²) in [6.45, 7) is 5.44. The molecule has 0 bridgehead atoms. The molecular weight excluding hydrogens is 293 g/mol. The van der Waals surface area contributed by atoms with E-state index in [-0.39, 0.29) is 11.4 Å². The van der Waals surface area contributed by atoms with Crippen molar-refractivity contribution in [1.82, 2.24) is 14.5 Å². The zero-order chi connectivity index (χ0) is 15.8. The number of sulfonamides is 1. The fourth-order valence-corrected chi connectivity index (χ4v) is 3.45. The summed E-state index contributed by atoms with van der Waals surface area (Å²) in [6, 6.07) is 3.62. The Morgan fingerprint density at radius 2 is 1.95 bits per heavy atom. The summed E-state index contributed by atoms with van der Waals surface area (Å²) in [4.78, 5) is 0.0862. The normalized spacial score (nSPS) is 11.9. The molecule has 0 radical (unpaired) electrons. The fraction of sp³-hybridized carbons (Fsp3) is 0.357. The maximum Gasteiger partial charge on any atom is 0.241 e. The Bertz CT molecular complexity index is 782. The van der Waals surface area contributed by atoms with E-state index in [1.165, 1.54) is 12.1 Å². The number of aryl methyl sites for hydroxylation is 3. The van der Waals surface area contributed by atoms with Crippen LogP contribution >= 0.6 is 0 Å². The Labute approximate surface area is 123 Å². The second-order valence-electron chi connectivity index (χ2n) is 5.01. The molecule has 0 spiro atoms. The van der Waals surface area contributed by atoms with Crippen molar-refractivity contribution in [3.8, 4) is 0 Å². The first-order valence-electron chi connectivity index (χ1n) is 6.47. The molecule has 21 heavy (non-hydrogen) atoms. The van der Waals surface area contributed by atoms with E-state index in [1.54, 1.807) is 11.6 Å². The van der Waals surface area contributed by atoms with E-state index in [2.05, 4.69) is 9.82 Å². The topological polar surface area (TPSA) is 64.0 Å². The highest BCUT2D eigenvalue weighted by molar-refractivity contribution is 7.89. The van der Waals surface area contributed by atoms with E-state index in [0.717, 1.165) is 23.0 Å². The van der Waals surface area contributed by atoms with Crippen LogP contribution < -0.4 is 4.72 Å². The quantitative estimate of drug-likeness (QED) is 0.939. The lowest BCUT2D eigenvalue weighted by Gasteiger charge is -2.09. The van der Waals surface area contributed by atoms with Crippen LogP contribution in [0, 0.1) is 26.6 Å². The maximum absolute atomic E-state index is 13.1. The number of nitrogens with zero attached hydrogens (tertiary/aromatic N) is 2. The van der Waals surface area contributed by atoms with Gasteiger partial charge in [0.05, 0.1) is 10.6 Å². The smallest absolute Gasteiger partial charge is 0.241 e. The molecule has 0 aliphatic carbocycles. The zero-order valence-corrected chi connectivity index (χ0v) is 13.3. The summed E-state index contributed by atoms with van der Waals surface area (Å²) in [6.07, 6.45) is 0. The van der Waals surface area contributed by atoms with E-state index >= 15 is 0 Å². The summed E-state index contributed by atoms with van der Waals surface area (Å²) in [7, 11) is -1.87. The second-order valence-corrected chi connectivity index (χ2v) is 6.74. The number of nitrogens with one attached hydrogen (secondary N) is 1. The molecular formula is C14H18FN3O2S. The summed E-state index contributed by atoms with van der Waals surface area (Å²) in [5.74, 6) is -0.453. The molecule has 0 atom stereocenters. The largest absolute Gasteiger partial charge is 0.272 e. The van der Waals surface area contributed by atoms with Crippen molar-refractivity contribution >= 4 is 10.0 Å². The van der Waals surface area contributed by atoms with Gasteiger partial charge >= 0.3 is 0 Å². The minimum atomic E-state index is -3.68. The van der Waals surface area contributed by atoms with Gasteiger partial charge in [-0.2, -0.15) is 5.10 Å². The molecule has 0 aliphatic rings. The van der Waals surface area contributed by atoms with Crippen molar-refractivity contribution in [3.05, 3.63) is 46.5 Å². The summed E-state index contributed by atoms with van der Waals surface area (Å²) >= 11 is 0. The lowest BCUT2D eigenvalue weighted by Crippen LogP contribution is -2.24. The number of hydrogen-bond donors (Lipinski definition) is 1. The number of benzene rings is 1. The first-order chi connectivity index (χ1) is 9.72. The van der Waals surface area contributed by atoms with Crippen molar-refractivity contribution in [2.24, 2.45) is 7.05 Å². The zero-order valence-electron chi connectivity index (χ0n) is 12.4. The molecule has 1 N–H and O–H groups in total. The van der Waals surface area contributed by atoms with Gasteiger partial charge in [-0.05, 0) is 44.5 Å². The molecule has 114 valence electrons. The van der Waals surface area contributed by atoms with E-state index in [0.29, 0.717) is 5.56 Å². The molecule has 1 aromatic carbocycles. The molecule has 7 heteroatoms. The van der Waals surface area contributed by atoms with Crippen LogP contribution in [-0.2, 0) is 23.6 Å². The standard InChI is InChI=1S/C14H18FN3O2S/c1-9-7-12(15)5-6-14(9)21(19,20)16-8-13-10(2)17-18(4)11(13)3/h5-7,16H,8H2,1-4H3. The van der Waals surface area contributed by atoms with E-state index in [1.807, 2.05) is 20.9 Å².